The summed E-state index contributed by atoms with van der Waals surface area (Å²) in [6.45, 7) is 0.323. The fourth-order valence-electron chi connectivity index (χ4n) is 1.12. The van der Waals surface area contributed by atoms with Crippen molar-refractivity contribution in [3.63, 3.8) is 0 Å². The Labute approximate surface area is 108 Å². The third-order valence-electron chi connectivity index (χ3n) is 1.73. The lowest BCUT2D eigenvalue weighted by atomic mass is 10.6. The number of aromatic nitrogens is 4. The zero-order valence-corrected chi connectivity index (χ0v) is 10.6. The van der Waals surface area contributed by atoms with E-state index in [4.69, 9.17) is 16.3 Å². The molecule has 0 aromatic carbocycles. The first-order valence-corrected chi connectivity index (χ1v) is 5.94. The van der Waals surface area contributed by atoms with Crippen molar-refractivity contribution in [3.05, 3.63) is 35.5 Å². The van der Waals surface area contributed by atoms with Crippen molar-refractivity contribution in [2.45, 2.75) is 16.8 Å². The summed E-state index contributed by atoms with van der Waals surface area (Å²) in [6.07, 6.45) is 3.35. The van der Waals surface area contributed by atoms with Crippen LogP contribution in [0.4, 0.5) is 0 Å². The molecule has 0 aliphatic rings. The Morgan fingerprint density at radius 3 is 2.76 bits per heavy atom. The van der Waals surface area contributed by atoms with Crippen LogP contribution in [0.3, 0.4) is 0 Å². The lowest BCUT2D eigenvalue weighted by molar-refractivity contribution is 0.177. The van der Waals surface area contributed by atoms with Crippen LogP contribution in [0.2, 0.25) is 5.15 Å². The van der Waals surface area contributed by atoms with E-state index in [-0.39, 0.29) is 0 Å². The average Bonchev–Trinajstić information content (AvgIpc) is 2.30. The van der Waals surface area contributed by atoms with Crippen molar-refractivity contribution in [3.8, 4) is 0 Å². The number of halogens is 1. The lowest BCUT2D eigenvalue weighted by Gasteiger charge is -2.03. The molecule has 2 heterocycles. The predicted molar refractivity (Wildman–Crippen MR) is 63.9 cm³/mol. The average molecular weight is 269 g/mol. The quantitative estimate of drug-likeness (QED) is 0.626. The summed E-state index contributed by atoms with van der Waals surface area (Å²) < 4.78 is 4.96. The number of ether oxygens (including phenoxy) is 1. The first-order chi connectivity index (χ1) is 8.28. The van der Waals surface area contributed by atoms with E-state index in [1.165, 1.54) is 11.8 Å². The van der Waals surface area contributed by atoms with Gasteiger partial charge in [-0.3, -0.25) is 0 Å². The molecule has 88 valence electrons. The molecule has 0 spiro atoms. The maximum absolute atomic E-state index is 5.89. The van der Waals surface area contributed by atoms with E-state index < -0.39 is 0 Å². The van der Waals surface area contributed by atoms with Crippen LogP contribution in [0.1, 0.15) is 5.82 Å². The fraction of sp³-hybridized carbons (Fsp3) is 0.200. The zero-order valence-electron chi connectivity index (χ0n) is 9.00. The minimum atomic E-state index is 0.323. The van der Waals surface area contributed by atoms with E-state index in [0.717, 1.165) is 0 Å². The molecule has 0 aliphatic heterocycles. The molecule has 0 saturated carbocycles. The number of hydrogen-bond donors (Lipinski definition) is 0. The molecule has 0 N–H and O–H groups in total. The molecule has 2 aromatic rings. The van der Waals surface area contributed by atoms with Gasteiger partial charge in [0.05, 0.1) is 0 Å². The standard InChI is InChI=1S/C10H9ClN4OS/c1-16-6-8-14-7(11)5-9(15-8)17-10-12-3-2-4-13-10/h2-5H,6H2,1H3. The predicted octanol–water partition coefficient (Wildman–Crippen LogP) is 2.22. The van der Waals surface area contributed by atoms with Gasteiger partial charge in [0.1, 0.15) is 16.8 Å². The Balaban J connectivity index is 2.21. The van der Waals surface area contributed by atoms with E-state index in [0.29, 0.717) is 27.8 Å². The molecule has 7 heteroatoms. The van der Waals surface area contributed by atoms with Gasteiger partial charge in [0, 0.05) is 25.6 Å². The normalized spacial score (nSPS) is 10.5. The molecule has 0 unspecified atom stereocenters. The van der Waals surface area contributed by atoms with Crippen molar-refractivity contribution in [2.24, 2.45) is 0 Å². The summed E-state index contributed by atoms with van der Waals surface area (Å²) in [4.78, 5) is 16.5. The van der Waals surface area contributed by atoms with E-state index in [1.807, 2.05) is 0 Å². The van der Waals surface area contributed by atoms with Crippen LogP contribution in [0.15, 0.2) is 34.7 Å². The first-order valence-electron chi connectivity index (χ1n) is 4.75. The second-order valence-corrected chi connectivity index (χ2v) is 4.39. The molecule has 0 amide bonds. The molecule has 5 nitrogen and oxygen atoms in total. The Bertz CT molecular complexity index is 497. The van der Waals surface area contributed by atoms with Crippen LogP contribution in [0.25, 0.3) is 0 Å². The highest BCUT2D eigenvalue weighted by Gasteiger charge is 2.06. The molecule has 2 rings (SSSR count). The van der Waals surface area contributed by atoms with E-state index >= 15 is 0 Å². The molecule has 0 aliphatic carbocycles. The van der Waals surface area contributed by atoms with Crippen LogP contribution >= 0.6 is 23.4 Å². The molecule has 2 aromatic heterocycles. The topological polar surface area (TPSA) is 60.8 Å². The Morgan fingerprint density at radius 1 is 1.29 bits per heavy atom. The number of methoxy groups -OCH3 is 1. The largest absolute Gasteiger partial charge is 0.377 e. The van der Waals surface area contributed by atoms with E-state index in [9.17, 15) is 0 Å². The smallest absolute Gasteiger partial charge is 0.193 e. The van der Waals surface area contributed by atoms with E-state index in [1.54, 1.807) is 31.6 Å². The molecular formula is C10H9ClN4OS. The summed E-state index contributed by atoms with van der Waals surface area (Å²) in [5.41, 5.74) is 0. The summed E-state index contributed by atoms with van der Waals surface area (Å²) in [7, 11) is 1.58. The van der Waals surface area contributed by atoms with Gasteiger partial charge < -0.3 is 4.74 Å². The van der Waals surface area contributed by atoms with Crippen LogP contribution in [-0.2, 0) is 11.3 Å². The van der Waals surface area contributed by atoms with Crippen molar-refractivity contribution < 1.29 is 4.74 Å². The summed E-state index contributed by atoms with van der Waals surface area (Å²) in [6, 6.07) is 3.43. The van der Waals surface area contributed by atoms with Gasteiger partial charge in [0.25, 0.3) is 0 Å². The van der Waals surface area contributed by atoms with Gasteiger partial charge in [-0.1, -0.05) is 11.6 Å². The molecular weight excluding hydrogens is 260 g/mol. The fourth-order valence-corrected chi connectivity index (χ4v) is 2.12. The van der Waals surface area contributed by atoms with Crippen molar-refractivity contribution >= 4 is 23.4 Å². The van der Waals surface area contributed by atoms with Crippen LogP contribution in [0, 0.1) is 0 Å². The maximum atomic E-state index is 5.89. The van der Waals surface area contributed by atoms with Crippen LogP contribution < -0.4 is 0 Å². The minimum absolute atomic E-state index is 0.323. The Kier molecular flexibility index (Phi) is 4.24. The van der Waals surface area contributed by atoms with Gasteiger partial charge in [-0.15, -0.1) is 0 Å². The van der Waals surface area contributed by atoms with Crippen molar-refractivity contribution in [1.29, 1.82) is 0 Å². The lowest BCUT2D eigenvalue weighted by Crippen LogP contribution is -1.98. The summed E-state index contributed by atoms with van der Waals surface area (Å²) >= 11 is 7.22. The minimum Gasteiger partial charge on any atom is -0.377 e. The van der Waals surface area contributed by atoms with Gasteiger partial charge in [0.15, 0.2) is 11.0 Å². The Morgan fingerprint density at radius 2 is 2.06 bits per heavy atom. The van der Waals surface area contributed by atoms with Crippen molar-refractivity contribution in [1.82, 2.24) is 19.9 Å². The highest BCUT2D eigenvalue weighted by atomic mass is 35.5. The van der Waals surface area contributed by atoms with Crippen LogP contribution in [-0.4, -0.2) is 27.0 Å². The van der Waals surface area contributed by atoms with Crippen LogP contribution in [0.5, 0.6) is 0 Å². The monoisotopic (exact) mass is 268 g/mol. The summed E-state index contributed by atoms with van der Waals surface area (Å²) in [5.74, 6) is 0.540. The first kappa shape index (κ1) is 12.2. The molecule has 0 fully saturated rings. The van der Waals surface area contributed by atoms with E-state index in [2.05, 4.69) is 19.9 Å². The Hall–Kier alpha value is -1.24. The van der Waals surface area contributed by atoms with Gasteiger partial charge in [-0.25, -0.2) is 19.9 Å². The molecule has 0 saturated heterocycles. The third-order valence-corrected chi connectivity index (χ3v) is 2.73. The number of nitrogens with zero attached hydrogens (tertiary/aromatic N) is 4. The summed E-state index contributed by atoms with van der Waals surface area (Å²) in [5, 5.41) is 1.69. The third kappa shape index (κ3) is 3.62. The molecule has 0 atom stereocenters. The maximum Gasteiger partial charge on any atom is 0.193 e. The highest BCUT2D eigenvalue weighted by Crippen LogP contribution is 2.23. The second-order valence-electron chi connectivity index (χ2n) is 3.01. The molecule has 17 heavy (non-hydrogen) atoms. The number of hydrogen-bond acceptors (Lipinski definition) is 6. The van der Waals surface area contributed by atoms with Gasteiger partial charge >= 0.3 is 0 Å². The van der Waals surface area contributed by atoms with Gasteiger partial charge in [-0.2, -0.15) is 0 Å². The SMILES string of the molecule is COCc1nc(Cl)cc(Sc2ncccn2)n1. The molecule has 0 radical (unpaired) electrons. The highest BCUT2D eigenvalue weighted by molar-refractivity contribution is 7.99. The van der Waals surface area contributed by atoms with Crippen molar-refractivity contribution in [2.75, 3.05) is 7.11 Å². The van der Waals surface area contributed by atoms with Gasteiger partial charge in [0.2, 0.25) is 0 Å². The molecule has 0 bridgehead atoms. The second kappa shape index (κ2) is 5.90. The zero-order chi connectivity index (χ0) is 12.1. The van der Waals surface area contributed by atoms with Gasteiger partial charge in [-0.05, 0) is 17.8 Å². The number of rotatable bonds is 4.